The summed E-state index contributed by atoms with van der Waals surface area (Å²) in [6, 6.07) is 9.93. The van der Waals surface area contributed by atoms with E-state index in [2.05, 4.69) is 20.4 Å². The molecule has 2 aliphatic heterocycles. The Morgan fingerprint density at radius 1 is 1.14 bits per heavy atom. The van der Waals surface area contributed by atoms with Gasteiger partial charge in [0.05, 0.1) is 12.1 Å². The third kappa shape index (κ3) is 2.83. The minimum absolute atomic E-state index is 0.0318. The smallest absolute Gasteiger partial charge is 0.274 e. The molecule has 2 aromatic heterocycles. The van der Waals surface area contributed by atoms with Gasteiger partial charge < -0.3 is 10.2 Å². The molecule has 1 aromatic carbocycles. The van der Waals surface area contributed by atoms with Gasteiger partial charge in [0.25, 0.3) is 5.91 Å². The topological polar surface area (TPSA) is 75.4 Å². The van der Waals surface area contributed by atoms with Crippen LogP contribution in [0.1, 0.15) is 41.0 Å². The van der Waals surface area contributed by atoms with E-state index in [1.165, 1.54) is 6.42 Å². The number of piperidine rings is 1. The molecule has 1 amide bonds. The highest BCUT2D eigenvalue weighted by molar-refractivity contribution is 6.10. The minimum Gasteiger partial charge on any atom is -0.339 e. The average Bonchev–Trinajstić information content (AvgIpc) is 3.29. The number of fused-ring (bicyclic) bond motifs is 2. The summed E-state index contributed by atoms with van der Waals surface area (Å²) < 4.78 is 1.78. The molecule has 3 aromatic rings. The van der Waals surface area contributed by atoms with Crippen LogP contribution in [0.5, 0.6) is 0 Å². The summed E-state index contributed by atoms with van der Waals surface area (Å²) in [5.41, 5.74) is 4.39. The Morgan fingerprint density at radius 3 is 2.86 bits per heavy atom. The lowest BCUT2D eigenvalue weighted by Crippen LogP contribution is -2.36. The number of nitrogens with zero attached hydrogens (tertiary/aromatic N) is 5. The van der Waals surface area contributed by atoms with E-state index in [1.807, 2.05) is 42.3 Å². The molecule has 1 saturated heterocycles. The van der Waals surface area contributed by atoms with E-state index in [1.54, 1.807) is 10.9 Å². The van der Waals surface area contributed by atoms with E-state index in [-0.39, 0.29) is 5.91 Å². The summed E-state index contributed by atoms with van der Waals surface area (Å²) in [6.07, 6.45) is 5.12. The standard InChI is InChI=1S/C21H22N6O/c1-26-17-12-15(24-20-18-14(13-23-20)6-5-9-22-18)7-8-16(17)19(25-26)21(28)27-10-3-2-4-11-27/h5-9,12H,2-4,10-11,13H2,1H3,(H,23,24). The summed E-state index contributed by atoms with van der Waals surface area (Å²) >= 11 is 0. The van der Waals surface area contributed by atoms with Crippen molar-refractivity contribution in [2.45, 2.75) is 25.8 Å². The molecule has 0 unspecified atom stereocenters. The molecule has 0 bridgehead atoms. The largest absolute Gasteiger partial charge is 0.339 e. The first-order valence-electron chi connectivity index (χ1n) is 9.72. The molecule has 1 fully saturated rings. The number of hydrogen-bond donors (Lipinski definition) is 1. The Hall–Kier alpha value is -3.22. The molecule has 0 atom stereocenters. The van der Waals surface area contributed by atoms with Crippen molar-refractivity contribution in [1.29, 1.82) is 0 Å². The van der Waals surface area contributed by atoms with E-state index in [4.69, 9.17) is 0 Å². The molecule has 7 nitrogen and oxygen atoms in total. The van der Waals surface area contributed by atoms with Gasteiger partial charge in [-0.05, 0) is 43.5 Å². The molecule has 2 aliphatic rings. The van der Waals surface area contributed by atoms with Crippen molar-refractivity contribution in [2.24, 2.45) is 12.0 Å². The van der Waals surface area contributed by atoms with Gasteiger partial charge in [-0.25, -0.2) is 0 Å². The third-order valence-electron chi connectivity index (χ3n) is 5.48. The molecule has 28 heavy (non-hydrogen) atoms. The number of benzene rings is 1. The van der Waals surface area contributed by atoms with Crippen LogP contribution in [0, 0.1) is 0 Å². The maximum atomic E-state index is 12.9. The molecule has 0 aliphatic carbocycles. The Kier molecular flexibility index (Phi) is 4.07. The number of anilines is 1. The van der Waals surface area contributed by atoms with Gasteiger partial charge in [-0.2, -0.15) is 5.10 Å². The normalized spacial score (nSPS) is 16.2. The second-order valence-electron chi connectivity index (χ2n) is 7.36. The van der Waals surface area contributed by atoms with Crippen LogP contribution >= 0.6 is 0 Å². The number of amidine groups is 1. The number of aryl methyl sites for hydroxylation is 1. The summed E-state index contributed by atoms with van der Waals surface area (Å²) in [5.74, 6) is 0.811. The molecular formula is C21H22N6O. The van der Waals surface area contributed by atoms with Gasteiger partial charge in [0, 0.05) is 43.0 Å². The fraction of sp³-hybridized carbons (Fsp3) is 0.333. The zero-order valence-corrected chi connectivity index (χ0v) is 15.9. The second kappa shape index (κ2) is 6.74. The van der Waals surface area contributed by atoms with Crippen LogP contribution in [0.2, 0.25) is 0 Å². The fourth-order valence-electron chi connectivity index (χ4n) is 3.99. The van der Waals surface area contributed by atoms with Crippen LogP contribution in [-0.4, -0.2) is 44.5 Å². The monoisotopic (exact) mass is 374 g/mol. The number of nitrogens with one attached hydrogen (secondary N) is 1. The highest BCUT2D eigenvalue weighted by Crippen LogP contribution is 2.25. The number of aromatic nitrogens is 3. The van der Waals surface area contributed by atoms with Crippen LogP contribution in [0.15, 0.2) is 41.5 Å². The number of hydrogen-bond acceptors (Lipinski definition) is 5. The highest BCUT2D eigenvalue weighted by atomic mass is 16.2. The van der Waals surface area contributed by atoms with Crippen molar-refractivity contribution in [3.8, 4) is 0 Å². The lowest BCUT2D eigenvalue weighted by atomic mass is 10.1. The first kappa shape index (κ1) is 16.9. The maximum absolute atomic E-state index is 12.9. The molecule has 142 valence electrons. The van der Waals surface area contributed by atoms with Crippen molar-refractivity contribution in [3.63, 3.8) is 0 Å². The van der Waals surface area contributed by atoms with Crippen LogP contribution in [0.25, 0.3) is 10.9 Å². The predicted molar refractivity (Wildman–Crippen MR) is 109 cm³/mol. The van der Waals surface area contributed by atoms with E-state index < -0.39 is 0 Å². The number of pyridine rings is 1. The van der Waals surface area contributed by atoms with Crippen LogP contribution in [-0.2, 0) is 13.6 Å². The molecule has 1 N–H and O–H groups in total. The molecular weight excluding hydrogens is 352 g/mol. The quantitative estimate of drug-likeness (QED) is 0.748. The molecule has 0 spiro atoms. The van der Waals surface area contributed by atoms with E-state index >= 15 is 0 Å². The lowest BCUT2D eigenvalue weighted by Gasteiger charge is -2.25. The van der Waals surface area contributed by atoms with Gasteiger partial charge in [-0.1, -0.05) is 6.07 Å². The minimum atomic E-state index is 0.0318. The lowest BCUT2D eigenvalue weighted by molar-refractivity contribution is 0.0719. The maximum Gasteiger partial charge on any atom is 0.274 e. The van der Waals surface area contributed by atoms with Gasteiger partial charge >= 0.3 is 0 Å². The summed E-state index contributed by atoms with van der Waals surface area (Å²) in [4.78, 5) is 23.8. The van der Waals surface area contributed by atoms with E-state index in [0.29, 0.717) is 12.2 Å². The average molecular weight is 374 g/mol. The third-order valence-corrected chi connectivity index (χ3v) is 5.48. The SMILES string of the molecule is Cn1nc(C(=O)N2CCCCC2)c2ccc(NC3=NCc4cccnc43)cc21. The number of aliphatic imine (C=N–C) groups is 1. The van der Waals surface area contributed by atoms with Crippen molar-refractivity contribution >= 4 is 28.3 Å². The van der Waals surface area contributed by atoms with Crippen LogP contribution in [0.4, 0.5) is 5.69 Å². The van der Waals surface area contributed by atoms with Gasteiger partial charge in [0.2, 0.25) is 0 Å². The summed E-state index contributed by atoms with van der Waals surface area (Å²) in [5, 5.41) is 8.78. The molecule has 0 saturated carbocycles. The van der Waals surface area contributed by atoms with E-state index in [0.717, 1.165) is 59.6 Å². The number of rotatable bonds is 2. The zero-order valence-electron chi connectivity index (χ0n) is 15.9. The highest BCUT2D eigenvalue weighted by Gasteiger charge is 2.24. The number of carbonyl (C=O) groups is 1. The Labute approximate surface area is 163 Å². The first-order valence-corrected chi connectivity index (χ1v) is 9.72. The van der Waals surface area contributed by atoms with Gasteiger partial charge in [-0.3, -0.25) is 19.5 Å². The zero-order chi connectivity index (χ0) is 19.1. The number of carbonyl (C=O) groups excluding carboxylic acids is 1. The van der Waals surface area contributed by atoms with Gasteiger partial charge in [0.15, 0.2) is 11.5 Å². The molecule has 5 rings (SSSR count). The Balaban J connectivity index is 1.44. The Bertz CT molecular complexity index is 1090. The number of likely N-dealkylation sites (tertiary alicyclic amines) is 1. The molecule has 0 radical (unpaired) electrons. The summed E-state index contributed by atoms with van der Waals surface area (Å²) in [7, 11) is 1.88. The predicted octanol–water partition coefficient (Wildman–Crippen LogP) is 2.97. The first-order chi connectivity index (χ1) is 13.7. The van der Waals surface area contributed by atoms with E-state index in [9.17, 15) is 4.79 Å². The fourth-order valence-corrected chi connectivity index (χ4v) is 3.99. The van der Waals surface area contributed by atoms with Crippen molar-refractivity contribution in [3.05, 3.63) is 53.5 Å². The number of amides is 1. The van der Waals surface area contributed by atoms with Gasteiger partial charge in [0.1, 0.15) is 5.69 Å². The molecule has 7 heteroatoms. The molecule has 4 heterocycles. The van der Waals surface area contributed by atoms with Crippen LogP contribution < -0.4 is 5.32 Å². The van der Waals surface area contributed by atoms with Crippen LogP contribution in [0.3, 0.4) is 0 Å². The Morgan fingerprint density at radius 2 is 2.00 bits per heavy atom. The van der Waals surface area contributed by atoms with Crippen molar-refractivity contribution in [1.82, 2.24) is 19.7 Å². The second-order valence-corrected chi connectivity index (χ2v) is 7.36. The van der Waals surface area contributed by atoms with Crippen molar-refractivity contribution in [2.75, 3.05) is 18.4 Å². The van der Waals surface area contributed by atoms with Gasteiger partial charge in [-0.15, -0.1) is 0 Å². The van der Waals surface area contributed by atoms with Crippen molar-refractivity contribution < 1.29 is 4.79 Å². The summed E-state index contributed by atoms with van der Waals surface area (Å²) in [6.45, 7) is 2.29.